The number of aromatic nitrogens is 2. The molecule has 10 heteroatoms. The highest BCUT2D eigenvalue weighted by molar-refractivity contribution is 7.14. The van der Waals surface area contributed by atoms with Crippen molar-refractivity contribution in [2.75, 3.05) is 9.80 Å². The van der Waals surface area contributed by atoms with Gasteiger partial charge in [-0.3, -0.25) is 19.2 Å². The number of hydrogen-bond acceptors (Lipinski definition) is 8. The van der Waals surface area contributed by atoms with Crippen molar-refractivity contribution >= 4 is 56.6 Å². The van der Waals surface area contributed by atoms with Crippen molar-refractivity contribution in [2.45, 2.75) is 0 Å². The van der Waals surface area contributed by atoms with Crippen molar-refractivity contribution in [1.82, 2.24) is 9.97 Å². The fraction of sp³-hybridized carbons (Fsp3) is 0. The van der Waals surface area contributed by atoms with E-state index in [0.717, 1.165) is 9.80 Å². The number of nitrogens with zero attached hydrogens (tertiary/aromatic N) is 4. The first-order chi connectivity index (χ1) is 15.5. The maximum Gasteiger partial charge on any atom is 0.268 e. The van der Waals surface area contributed by atoms with Crippen LogP contribution in [0.4, 0.5) is 10.3 Å². The van der Waals surface area contributed by atoms with Crippen LogP contribution in [0.1, 0.15) is 41.4 Å². The number of imide groups is 2. The summed E-state index contributed by atoms with van der Waals surface area (Å²) in [6.45, 7) is 0. The molecular formula is C22H10N4O4S2. The fourth-order valence-corrected chi connectivity index (χ4v) is 5.11. The Morgan fingerprint density at radius 2 is 0.969 bits per heavy atom. The molecule has 6 rings (SSSR count). The molecule has 2 aliphatic heterocycles. The van der Waals surface area contributed by atoms with E-state index in [2.05, 4.69) is 9.97 Å². The molecule has 2 aromatic carbocycles. The van der Waals surface area contributed by atoms with E-state index in [-0.39, 0.29) is 11.1 Å². The van der Waals surface area contributed by atoms with Crippen LogP contribution < -0.4 is 9.80 Å². The zero-order chi connectivity index (χ0) is 22.0. The molecule has 0 radical (unpaired) electrons. The molecular weight excluding hydrogens is 448 g/mol. The largest absolute Gasteiger partial charge is 0.268 e. The summed E-state index contributed by atoms with van der Waals surface area (Å²) in [5.41, 5.74) is 2.46. The molecule has 0 N–H and O–H groups in total. The summed E-state index contributed by atoms with van der Waals surface area (Å²) in [5.74, 6) is -1.71. The number of carbonyl (C=O) groups is 4. The van der Waals surface area contributed by atoms with Gasteiger partial charge in [-0.15, -0.1) is 22.7 Å². The van der Waals surface area contributed by atoms with Crippen LogP contribution in [0.25, 0.3) is 11.1 Å². The van der Waals surface area contributed by atoms with Crippen molar-refractivity contribution in [3.8, 4) is 11.1 Å². The fourth-order valence-electron chi connectivity index (χ4n) is 3.84. The van der Waals surface area contributed by atoms with Gasteiger partial charge in [-0.2, -0.15) is 0 Å². The molecule has 4 heterocycles. The number of hydrogen-bond donors (Lipinski definition) is 0. The summed E-state index contributed by atoms with van der Waals surface area (Å²) in [6.07, 6.45) is 3.07. The molecule has 0 spiro atoms. The molecule has 154 valence electrons. The molecule has 8 nitrogen and oxygen atoms in total. The quantitative estimate of drug-likeness (QED) is 0.432. The maximum atomic E-state index is 12.9. The number of thiazole rings is 2. The Balaban J connectivity index is 1.39. The van der Waals surface area contributed by atoms with Crippen LogP contribution >= 0.6 is 22.7 Å². The molecule has 0 saturated carbocycles. The van der Waals surface area contributed by atoms with Gasteiger partial charge in [-0.25, -0.2) is 19.8 Å². The summed E-state index contributed by atoms with van der Waals surface area (Å²) in [4.78, 5) is 61.5. The lowest BCUT2D eigenvalue weighted by Gasteiger charge is -2.08. The lowest BCUT2D eigenvalue weighted by molar-refractivity contribution is 0.0910. The lowest BCUT2D eigenvalue weighted by Crippen LogP contribution is -2.29. The van der Waals surface area contributed by atoms with E-state index in [1.54, 1.807) is 47.2 Å². The summed E-state index contributed by atoms with van der Waals surface area (Å²) in [5, 5.41) is 4.04. The summed E-state index contributed by atoms with van der Waals surface area (Å²) in [6, 6.07) is 9.89. The number of rotatable bonds is 3. The lowest BCUT2D eigenvalue weighted by atomic mass is 9.97. The van der Waals surface area contributed by atoms with E-state index in [0.29, 0.717) is 32.5 Å². The van der Waals surface area contributed by atoms with Crippen LogP contribution in [0.15, 0.2) is 59.6 Å². The molecule has 0 fully saturated rings. The highest BCUT2D eigenvalue weighted by Crippen LogP contribution is 2.35. The monoisotopic (exact) mass is 458 g/mol. The molecule has 0 aliphatic carbocycles. The van der Waals surface area contributed by atoms with Gasteiger partial charge in [0.25, 0.3) is 23.6 Å². The highest BCUT2D eigenvalue weighted by atomic mass is 32.1. The molecule has 32 heavy (non-hydrogen) atoms. The number of amides is 4. The van der Waals surface area contributed by atoms with E-state index < -0.39 is 23.6 Å². The smallest absolute Gasteiger partial charge is 0.268 e. The van der Waals surface area contributed by atoms with Crippen molar-refractivity contribution in [3.63, 3.8) is 0 Å². The minimum atomic E-state index is -0.441. The number of anilines is 2. The Labute approximate surface area is 188 Å². The standard InChI is InChI=1S/C22H10N4O4S2/c27-17-13-3-1-11(9-15(13)19(29)25(17)21-23-5-7-31-21)12-2-4-14-16(10-12)20(30)26(18(14)28)22-24-6-8-32-22/h1-10H. The van der Waals surface area contributed by atoms with Crippen molar-refractivity contribution in [1.29, 1.82) is 0 Å². The first-order valence-corrected chi connectivity index (χ1v) is 11.2. The number of carbonyl (C=O) groups excluding carboxylic acids is 4. The van der Waals surface area contributed by atoms with Gasteiger partial charge in [0.2, 0.25) is 0 Å². The Bertz CT molecular complexity index is 1350. The molecule has 0 bridgehead atoms. The molecule has 2 aromatic heterocycles. The molecule has 0 atom stereocenters. The molecule has 4 aromatic rings. The zero-order valence-corrected chi connectivity index (χ0v) is 17.6. The predicted molar refractivity (Wildman–Crippen MR) is 118 cm³/mol. The van der Waals surface area contributed by atoms with Crippen LogP contribution in [0, 0.1) is 0 Å². The molecule has 0 saturated heterocycles. The van der Waals surface area contributed by atoms with Gasteiger partial charge in [-0.1, -0.05) is 12.1 Å². The number of benzene rings is 2. The minimum absolute atomic E-state index is 0.273. The third-order valence-corrected chi connectivity index (χ3v) is 6.84. The minimum Gasteiger partial charge on any atom is -0.268 e. The van der Waals surface area contributed by atoms with E-state index in [1.165, 1.54) is 35.1 Å². The number of fused-ring (bicyclic) bond motifs is 2. The SMILES string of the molecule is O=C1c2ccc(-c3ccc4c(c3)C(=O)N(c3nccs3)C4=O)cc2C(=O)N1c1nccs1. The van der Waals surface area contributed by atoms with Crippen LogP contribution in [-0.4, -0.2) is 33.6 Å². The average Bonchev–Trinajstić information content (AvgIpc) is 3.59. The zero-order valence-electron chi connectivity index (χ0n) is 16.0. The molecule has 4 amide bonds. The Kier molecular flexibility index (Phi) is 3.94. The summed E-state index contributed by atoms with van der Waals surface area (Å²) < 4.78 is 0. The molecule has 0 unspecified atom stereocenters. The predicted octanol–water partition coefficient (Wildman–Crippen LogP) is 3.87. The van der Waals surface area contributed by atoms with Crippen LogP contribution in [-0.2, 0) is 0 Å². The van der Waals surface area contributed by atoms with Gasteiger partial charge in [0.15, 0.2) is 10.3 Å². The summed E-state index contributed by atoms with van der Waals surface area (Å²) in [7, 11) is 0. The third-order valence-electron chi connectivity index (χ3n) is 5.33. The average molecular weight is 458 g/mol. The van der Waals surface area contributed by atoms with Gasteiger partial charge in [0, 0.05) is 23.2 Å². The van der Waals surface area contributed by atoms with E-state index >= 15 is 0 Å². The topological polar surface area (TPSA) is 101 Å². The van der Waals surface area contributed by atoms with Gasteiger partial charge >= 0.3 is 0 Å². The highest BCUT2D eigenvalue weighted by Gasteiger charge is 2.40. The van der Waals surface area contributed by atoms with E-state index in [9.17, 15) is 19.2 Å². The van der Waals surface area contributed by atoms with Crippen molar-refractivity contribution < 1.29 is 19.2 Å². The Morgan fingerprint density at radius 1 is 0.562 bits per heavy atom. The van der Waals surface area contributed by atoms with Crippen LogP contribution in [0.5, 0.6) is 0 Å². The van der Waals surface area contributed by atoms with Crippen LogP contribution in [0.3, 0.4) is 0 Å². The first kappa shape index (κ1) is 18.7. The first-order valence-electron chi connectivity index (χ1n) is 9.39. The second kappa shape index (κ2) is 6.74. The van der Waals surface area contributed by atoms with Crippen LogP contribution in [0.2, 0.25) is 0 Å². The molecule has 2 aliphatic rings. The Hall–Kier alpha value is -4.02. The van der Waals surface area contributed by atoms with Gasteiger partial charge in [-0.05, 0) is 35.4 Å². The summed E-state index contributed by atoms with van der Waals surface area (Å²) >= 11 is 2.41. The van der Waals surface area contributed by atoms with Gasteiger partial charge in [0.1, 0.15) is 0 Å². The normalized spacial score (nSPS) is 15.0. The van der Waals surface area contributed by atoms with Crippen molar-refractivity contribution in [2.24, 2.45) is 0 Å². The van der Waals surface area contributed by atoms with E-state index in [4.69, 9.17) is 0 Å². The van der Waals surface area contributed by atoms with E-state index in [1.807, 2.05) is 0 Å². The maximum absolute atomic E-state index is 12.9. The third kappa shape index (κ3) is 2.53. The second-order valence-electron chi connectivity index (χ2n) is 7.04. The van der Waals surface area contributed by atoms with Gasteiger partial charge < -0.3 is 0 Å². The Morgan fingerprint density at radius 3 is 1.34 bits per heavy atom. The second-order valence-corrected chi connectivity index (χ2v) is 8.79. The van der Waals surface area contributed by atoms with Gasteiger partial charge in [0.05, 0.1) is 22.3 Å². The van der Waals surface area contributed by atoms with Crippen molar-refractivity contribution in [3.05, 3.63) is 81.8 Å².